The average molecular weight is 640 g/mol. The van der Waals surface area contributed by atoms with Crippen LogP contribution in [-0.2, 0) is 30.3 Å². The first-order valence-corrected chi connectivity index (χ1v) is 15.9. The summed E-state index contributed by atoms with van der Waals surface area (Å²) in [5.74, 6) is -1.66. The van der Waals surface area contributed by atoms with Crippen LogP contribution in [0.1, 0.15) is 98.4 Å². The number of rotatable bonds is 12. The number of carbonyl (C=O) groups excluding carboxylic acids is 4. The zero-order valence-electron chi connectivity index (χ0n) is 29.3. The molecule has 0 aliphatic rings. The molecule has 0 heterocycles. The van der Waals surface area contributed by atoms with E-state index in [0.29, 0.717) is 17.5 Å². The molecule has 10 heteroatoms. The number of hydrogen-bond donors (Lipinski definition) is 3. The Hall–Kier alpha value is -4.08. The average Bonchev–Trinajstić information content (AvgIpc) is 2.90. The van der Waals surface area contributed by atoms with E-state index in [1.54, 1.807) is 74.4 Å². The lowest BCUT2D eigenvalue weighted by Gasteiger charge is -2.38. The van der Waals surface area contributed by atoms with Crippen molar-refractivity contribution in [2.75, 3.05) is 0 Å². The van der Waals surface area contributed by atoms with Gasteiger partial charge in [-0.25, -0.2) is 9.59 Å². The number of aryl methyl sites for hydroxylation is 1. The maximum atomic E-state index is 14.4. The normalized spacial score (nSPS) is 13.8. The Morgan fingerprint density at radius 1 is 0.826 bits per heavy atom. The molecule has 10 nitrogen and oxygen atoms in total. The number of nitrogens with one attached hydrogen (secondary N) is 2. The zero-order valence-corrected chi connectivity index (χ0v) is 29.3. The minimum atomic E-state index is -1.22. The van der Waals surface area contributed by atoms with Gasteiger partial charge in [0, 0.05) is 12.5 Å². The highest BCUT2D eigenvalue weighted by Crippen LogP contribution is 2.30. The van der Waals surface area contributed by atoms with Crippen LogP contribution in [0.15, 0.2) is 48.5 Å². The molecule has 0 bridgehead atoms. The third-order valence-electron chi connectivity index (χ3n) is 6.86. The number of phenols is 1. The summed E-state index contributed by atoms with van der Waals surface area (Å²) >= 11 is 0. The van der Waals surface area contributed by atoms with Crippen LogP contribution < -0.4 is 10.6 Å². The predicted molar refractivity (Wildman–Crippen MR) is 178 cm³/mol. The van der Waals surface area contributed by atoms with Gasteiger partial charge in [-0.1, -0.05) is 50.2 Å². The first kappa shape index (κ1) is 38.1. The highest BCUT2D eigenvalue weighted by atomic mass is 16.6. The summed E-state index contributed by atoms with van der Waals surface area (Å²) in [7, 11) is 0. The Morgan fingerprint density at radius 2 is 1.41 bits per heavy atom. The first-order chi connectivity index (χ1) is 21.2. The molecule has 0 aromatic heterocycles. The van der Waals surface area contributed by atoms with Gasteiger partial charge in [-0.2, -0.15) is 0 Å². The fraction of sp³-hybridized carbons (Fsp3) is 0.556. The molecule has 2 aromatic carbocycles. The molecular weight excluding hydrogens is 586 g/mol. The van der Waals surface area contributed by atoms with Gasteiger partial charge in [0.05, 0.1) is 0 Å². The van der Waals surface area contributed by atoms with Gasteiger partial charge in [-0.3, -0.25) is 9.59 Å². The largest absolute Gasteiger partial charge is 0.508 e. The number of aromatic hydroxyl groups is 1. The van der Waals surface area contributed by atoms with Crippen LogP contribution in [0.3, 0.4) is 0 Å². The van der Waals surface area contributed by atoms with Crippen molar-refractivity contribution in [2.24, 2.45) is 5.92 Å². The van der Waals surface area contributed by atoms with E-state index in [4.69, 9.17) is 9.47 Å². The van der Waals surface area contributed by atoms with E-state index in [2.05, 4.69) is 10.6 Å². The van der Waals surface area contributed by atoms with Crippen molar-refractivity contribution < 1.29 is 33.8 Å². The number of carbonyl (C=O) groups is 4. The van der Waals surface area contributed by atoms with E-state index in [-0.39, 0.29) is 18.1 Å². The molecule has 0 aliphatic carbocycles. The molecule has 3 unspecified atom stereocenters. The Bertz CT molecular complexity index is 1340. The second-order valence-electron chi connectivity index (χ2n) is 14.4. The number of benzene rings is 2. The summed E-state index contributed by atoms with van der Waals surface area (Å²) in [6.07, 6.45) is -0.294. The molecule has 0 saturated heterocycles. The van der Waals surface area contributed by atoms with Crippen molar-refractivity contribution in [1.82, 2.24) is 15.5 Å². The highest BCUT2D eigenvalue weighted by Gasteiger charge is 2.40. The summed E-state index contributed by atoms with van der Waals surface area (Å²) in [5.41, 5.74) is 0.157. The van der Waals surface area contributed by atoms with E-state index < -0.39 is 59.2 Å². The van der Waals surface area contributed by atoms with Crippen molar-refractivity contribution in [3.05, 3.63) is 65.2 Å². The number of amides is 3. The van der Waals surface area contributed by atoms with E-state index in [0.717, 1.165) is 5.56 Å². The van der Waals surface area contributed by atoms with Crippen LogP contribution in [0.2, 0.25) is 0 Å². The smallest absolute Gasteiger partial charge is 0.408 e. The van der Waals surface area contributed by atoms with Gasteiger partial charge in [-0.15, -0.1) is 0 Å². The van der Waals surface area contributed by atoms with Crippen LogP contribution in [0, 0.1) is 12.8 Å². The van der Waals surface area contributed by atoms with Crippen molar-refractivity contribution in [3.8, 4) is 5.75 Å². The molecule has 0 radical (unpaired) electrons. The number of nitrogens with zero attached hydrogens (tertiary/aromatic N) is 1. The zero-order chi connectivity index (χ0) is 35.0. The molecule has 3 atom stereocenters. The van der Waals surface area contributed by atoms with Gasteiger partial charge in [0.2, 0.25) is 11.8 Å². The third-order valence-corrected chi connectivity index (χ3v) is 6.86. The van der Waals surface area contributed by atoms with Gasteiger partial charge in [0.1, 0.15) is 35.1 Å². The molecule has 46 heavy (non-hydrogen) atoms. The molecular formula is C36H53N3O7. The number of hydrogen-bond acceptors (Lipinski definition) is 7. The van der Waals surface area contributed by atoms with E-state index in [1.807, 2.05) is 44.2 Å². The van der Waals surface area contributed by atoms with Crippen LogP contribution in [0.4, 0.5) is 4.79 Å². The van der Waals surface area contributed by atoms with Crippen LogP contribution in [-0.4, -0.2) is 63.2 Å². The topological polar surface area (TPSA) is 134 Å². The molecule has 0 saturated carbocycles. The molecule has 0 aliphatic heterocycles. The number of ether oxygens (including phenoxy) is 2. The Balaban J connectivity index is 2.63. The maximum absolute atomic E-state index is 14.4. The van der Waals surface area contributed by atoms with E-state index in [1.165, 1.54) is 11.0 Å². The summed E-state index contributed by atoms with van der Waals surface area (Å²) in [6.45, 7) is 19.6. The molecule has 3 N–H and O–H groups in total. The van der Waals surface area contributed by atoms with Crippen molar-refractivity contribution in [2.45, 2.75) is 124 Å². The Labute approximate surface area is 274 Å². The Morgan fingerprint density at radius 3 is 1.91 bits per heavy atom. The second-order valence-corrected chi connectivity index (χ2v) is 14.4. The predicted octanol–water partition coefficient (Wildman–Crippen LogP) is 5.99. The number of alkyl carbamates (subject to hydrolysis) is 1. The van der Waals surface area contributed by atoms with Gasteiger partial charge < -0.3 is 30.1 Å². The summed E-state index contributed by atoms with van der Waals surface area (Å²) in [5, 5.41) is 15.9. The van der Waals surface area contributed by atoms with Crippen LogP contribution >= 0.6 is 0 Å². The summed E-state index contributed by atoms with van der Waals surface area (Å²) in [6, 6.07) is 10.1. The number of esters is 1. The van der Waals surface area contributed by atoms with Crippen molar-refractivity contribution >= 4 is 23.9 Å². The molecule has 254 valence electrons. The molecule has 2 rings (SSSR count). The lowest BCUT2D eigenvalue weighted by molar-refractivity contribution is -0.159. The molecule has 2 aromatic rings. The molecule has 0 fully saturated rings. The fourth-order valence-electron chi connectivity index (χ4n) is 4.96. The Kier molecular flexibility index (Phi) is 13.2. The van der Waals surface area contributed by atoms with Gasteiger partial charge in [-0.05, 0) is 103 Å². The summed E-state index contributed by atoms with van der Waals surface area (Å²) in [4.78, 5) is 56.6. The molecule has 3 amide bonds. The van der Waals surface area contributed by atoms with Crippen molar-refractivity contribution in [3.63, 3.8) is 0 Å². The van der Waals surface area contributed by atoms with Gasteiger partial charge in [0.15, 0.2) is 0 Å². The van der Waals surface area contributed by atoms with Crippen LogP contribution in [0.25, 0.3) is 0 Å². The number of phenolic OH excluding ortho intramolecular Hbond substituents is 1. The molecule has 0 spiro atoms. The van der Waals surface area contributed by atoms with E-state index >= 15 is 0 Å². The SMILES string of the molecule is Cc1cc(C(C(=O)NC(Cc2ccccc2)C(=O)OC(C)(C)C)N(C(=O)C(CC(C)C)NC(=O)OC(C)(C)C)C(C)C)ccc1O. The van der Waals surface area contributed by atoms with Gasteiger partial charge in [0.25, 0.3) is 0 Å². The minimum absolute atomic E-state index is 0.0171. The quantitative estimate of drug-likeness (QED) is 0.243. The third kappa shape index (κ3) is 12.0. The monoisotopic (exact) mass is 639 g/mol. The van der Waals surface area contributed by atoms with E-state index in [9.17, 15) is 24.3 Å². The first-order valence-electron chi connectivity index (χ1n) is 15.9. The fourth-order valence-corrected chi connectivity index (χ4v) is 4.96. The highest BCUT2D eigenvalue weighted by molar-refractivity contribution is 5.94. The lowest BCUT2D eigenvalue weighted by atomic mass is 9.96. The lowest BCUT2D eigenvalue weighted by Crippen LogP contribution is -2.57. The summed E-state index contributed by atoms with van der Waals surface area (Å²) < 4.78 is 11.1. The maximum Gasteiger partial charge on any atom is 0.408 e. The van der Waals surface area contributed by atoms with Crippen molar-refractivity contribution in [1.29, 1.82) is 0 Å². The standard InChI is InChI=1S/C36H53N3O7/c1-22(2)19-27(38-34(44)46-36(9,10)11)32(42)39(23(3)4)30(26-17-18-29(40)24(5)20-26)31(41)37-28(33(43)45-35(6,7)8)21-25-15-13-12-14-16-25/h12-18,20,22-23,27-28,30,40H,19,21H2,1-11H3,(H,37,41)(H,38,44). The van der Waals surface area contributed by atoms with Gasteiger partial charge >= 0.3 is 12.1 Å². The van der Waals surface area contributed by atoms with Crippen LogP contribution in [0.5, 0.6) is 5.75 Å². The second kappa shape index (κ2) is 16.0. The minimum Gasteiger partial charge on any atom is -0.508 e.